The Morgan fingerprint density at radius 1 is 1.19 bits per heavy atom. The van der Waals surface area contributed by atoms with Crippen LogP contribution in [0.4, 0.5) is 4.39 Å². The number of benzene rings is 2. The molecule has 3 rings (SSSR count). The average Bonchev–Trinajstić information content (AvgIpc) is 2.85. The molecule has 2 aromatic carbocycles. The van der Waals surface area contributed by atoms with E-state index in [0.29, 0.717) is 18.9 Å². The Hall–Kier alpha value is -2.44. The van der Waals surface area contributed by atoms with Crippen LogP contribution in [-0.2, 0) is 16.0 Å². The minimum Gasteiger partial charge on any atom is -0.490 e. The molecule has 1 unspecified atom stereocenters. The number of rotatable bonds is 5. The molecule has 138 valence electrons. The van der Waals surface area contributed by atoms with E-state index in [1.807, 2.05) is 18.2 Å². The van der Waals surface area contributed by atoms with Crippen molar-refractivity contribution in [2.24, 2.45) is 0 Å². The minimum atomic E-state index is -1.29. The standard InChI is InChI=1S/C20H22FNO4/c21-17-8-6-16(7-9-17)12-19(23)22-10-11-25-14-20(24,13-22)15-26-18-4-2-1-3-5-18/h1-9,24H,10-15H2. The Labute approximate surface area is 152 Å². The Morgan fingerprint density at radius 2 is 1.92 bits per heavy atom. The Kier molecular flexibility index (Phi) is 5.85. The van der Waals surface area contributed by atoms with Crippen LogP contribution in [-0.4, -0.2) is 54.4 Å². The second-order valence-corrected chi connectivity index (χ2v) is 6.50. The van der Waals surface area contributed by atoms with Gasteiger partial charge in [-0.25, -0.2) is 4.39 Å². The molecule has 0 aromatic heterocycles. The van der Waals surface area contributed by atoms with E-state index in [1.165, 1.54) is 12.1 Å². The van der Waals surface area contributed by atoms with Crippen molar-refractivity contribution in [2.75, 3.05) is 32.9 Å². The van der Waals surface area contributed by atoms with E-state index >= 15 is 0 Å². The topological polar surface area (TPSA) is 59.0 Å². The fourth-order valence-electron chi connectivity index (χ4n) is 2.84. The predicted octanol–water partition coefficient (Wildman–Crippen LogP) is 2.04. The van der Waals surface area contributed by atoms with Crippen molar-refractivity contribution < 1.29 is 23.8 Å². The van der Waals surface area contributed by atoms with Gasteiger partial charge >= 0.3 is 0 Å². The molecule has 26 heavy (non-hydrogen) atoms. The second-order valence-electron chi connectivity index (χ2n) is 6.50. The summed E-state index contributed by atoms with van der Waals surface area (Å²) in [5.41, 5.74) is -0.559. The lowest BCUT2D eigenvalue weighted by atomic mass is 10.1. The number of ether oxygens (including phenoxy) is 2. The number of β-amino-alcohol motifs (C(OH)–C–C–N with tert-alkyl or cyclic N) is 1. The van der Waals surface area contributed by atoms with E-state index in [-0.39, 0.29) is 37.9 Å². The van der Waals surface area contributed by atoms with E-state index in [9.17, 15) is 14.3 Å². The van der Waals surface area contributed by atoms with E-state index in [1.54, 1.807) is 29.2 Å². The van der Waals surface area contributed by atoms with E-state index in [4.69, 9.17) is 9.47 Å². The molecule has 6 heteroatoms. The van der Waals surface area contributed by atoms with Crippen LogP contribution in [0.25, 0.3) is 0 Å². The van der Waals surface area contributed by atoms with Crippen LogP contribution in [0.1, 0.15) is 5.56 Å². The summed E-state index contributed by atoms with van der Waals surface area (Å²) < 4.78 is 24.1. The third-order valence-corrected chi connectivity index (χ3v) is 4.23. The molecular weight excluding hydrogens is 337 g/mol. The van der Waals surface area contributed by atoms with Crippen molar-refractivity contribution in [3.63, 3.8) is 0 Å². The lowest BCUT2D eigenvalue weighted by Crippen LogP contribution is -2.50. The summed E-state index contributed by atoms with van der Waals surface area (Å²) >= 11 is 0. The molecule has 0 spiro atoms. The average molecular weight is 359 g/mol. The van der Waals surface area contributed by atoms with Crippen LogP contribution in [0.2, 0.25) is 0 Å². The van der Waals surface area contributed by atoms with E-state index in [2.05, 4.69) is 0 Å². The largest absolute Gasteiger partial charge is 0.490 e. The third kappa shape index (κ3) is 5.03. The van der Waals surface area contributed by atoms with Gasteiger partial charge in [0.05, 0.1) is 26.2 Å². The van der Waals surface area contributed by atoms with Crippen LogP contribution >= 0.6 is 0 Å². The summed E-state index contributed by atoms with van der Waals surface area (Å²) in [5.74, 6) is 0.173. The highest BCUT2D eigenvalue weighted by Crippen LogP contribution is 2.17. The molecule has 0 aliphatic carbocycles. The van der Waals surface area contributed by atoms with Crippen molar-refractivity contribution in [1.29, 1.82) is 0 Å². The molecule has 1 saturated heterocycles. The number of para-hydroxylation sites is 1. The molecular formula is C20H22FNO4. The normalized spacial score (nSPS) is 20.5. The van der Waals surface area contributed by atoms with E-state index < -0.39 is 5.60 Å². The van der Waals surface area contributed by atoms with Gasteiger partial charge in [0.25, 0.3) is 0 Å². The van der Waals surface area contributed by atoms with Gasteiger partial charge in [-0.1, -0.05) is 30.3 Å². The molecule has 0 radical (unpaired) electrons. The third-order valence-electron chi connectivity index (χ3n) is 4.23. The Morgan fingerprint density at radius 3 is 2.65 bits per heavy atom. The lowest BCUT2D eigenvalue weighted by Gasteiger charge is -2.30. The van der Waals surface area contributed by atoms with Gasteiger partial charge in [-0.05, 0) is 29.8 Å². The quantitative estimate of drug-likeness (QED) is 0.888. The van der Waals surface area contributed by atoms with Gasteiger partial charge in [0.15, 0.2) is 0 Å². The second kappa shape index (κ2) is 8.29. The Balaban J connectivity index is 1.62. The fourth-order valence-corrected chi connectivity index (χ4v) is 2.84. The predicted molar refractivity (Wildman–Crippen MR) is 94.4 cm³/mol. The number of hydrogen-bond acceptors (Lipinski definition) is 4. The van der Waals surface area contributed by atoms with Crippen LogP contribution in [0.5, 0.6) is 5.75 Å². The fraction of sp³-hybridized carbons (Fsp3) is 0.350. The van der Waals surface area contributed by atoms with Gasteiger partial charge in [-0.2, -0.15) is 0 Å². The summed E-state index contributed by atoms with van der Waals surface area (Å²) in [6, 6.07) is 15.0. The number of hydrogen-bond donors (Lipinski definition) is 1. The maximum absolute atomic E-state index is 13.0. The number of nitrogens with zero attached hydrogens (tertiary/aromatic N) is 1. The van der Waals surface area contributed by atoms with Gasteiger partial charge < -0.3 is 19.5 Å². The summed E-state index contributed by atoms with van der Waals surface area (Å²) in [5, 5.41) is 10.8. The zero-order chi connectivity index (χ0) is 18.4. The molecule has 1 heterocycles. The first-order chi connectivity index (χ1) is 12.5. The molecule has 5 nitrogen and oxygen atoms in total. The highest BCUT2D eigenvalue weighted by molar-refractivity contribution is 5.78. The monoisotopic (exact) mass is 359 g/mol. The summed E-state index contributed by atoms with van der Waals surface area (Å²) in [6.07, 6.45) is 0.149. The number of aliphatic hydroxyl groups is 1. The summed E-state index contributed by atoms with van der Waals surface area (Å²) in [7, 11) is 0. The highest BCUT2D eigenvalue weighted by atomic mass is 19.1. The summed E-state index contributed by atoms with van der Waals surface area (Å²) in [6.45, 7) is 0.994. The molecule has 1 aliphatic rings. The highest BCUT2D eigenvalue weighted by Gasteiger charge is 2.35. The molecule has 1 fully saturated rings. The number of amides is 1. The van der Waals surface area contributed by atoms with Gasteiger partial charge in [0.1, 0.15) is 23.8 Å². The number of carbonyl (C=O) groups excluding carboxylic acids is 1. The van der Waals surface area contributed by atoms with Gasteiger partial charge in [-0.3, -0.25) is 4.79 Å². The Bertz CT molecular complexity index is 722. The van der Waals surface area contributed by atoms with Crippen molar-refractivity contribution in [2.45, 2.75) is 12.0 Å². The van der Waals surface area contributed by atoms with Crippen molar-refractivity contribution in [3.05, 3.63) is 66.0 Å². The molecule has 2 aromatic rings. The van der Waals surface area contributed by atoms with E-state index in [0.717, 1.165) is 5.56 Å². The van der Waals surface area contributed by atoms with Crippen LogP contribution in [0, 0.1) is 5.82 Å². The maximum atomic E-state index is 13.0. The zero-order valence-electron chi connectivity index (χ0n) is 14.4. The van der Waals surface area contributed by atoms with Crippen molar-refractivity contribution >= 4 is 5.91 Å². The zero-order valence-corrected chi connectivity index (χ0v) is 14.4. The minimum absolute atomic E-state index is 0.0251. The SMILES string of the molecule is O=C(Cc1ccc(F)cc1)N1CCOCC(O)(COc2ccccc2)C1. The lowest BCUT2D eigenvalue weighted by molar-refractivity contribution is -0.134. The van der Waals surface area contributed by atoms with Gasteiger partial charge in [-0.15, -0.1) is 0 Å². The number of carbonyl (C=O) groups is 1. The first-order valence-corrected chi connectivity index (χ1v) is 8.54. The van der Waals surface area contributed by atoms with Gasteiger partial charge in [0, 0.05) is 6.54 Å². The molecule has 1 aliphatic heterocycles. The van der Waals surface area contributed by atoms with Crippen LogP contribution in [0.15, 0.2) is 54.6 Å². The smallest absolute Gasteiger partial charge is 0.227 e. The number of halogens is 1. The first-order valence-electron chi connectivity index (χ1n) is 8.54. The first kappa shape index (κ1) is 18.4. The molecule has 1 N–H and O–H groups in total. The van der Waals surface area contributed by atoms with Crippen LogP contribution in [0.3, 0.4) is 0 Å². The molecule has 1 atom stereocenters. The molecule has 1 amide bonds. The summed E-state index contributed by atoms with van der Waals surface area (Å²) in [4.78, 5) is 14.2. The van der Waals surface area contributed by atoms with Crippen molar-refractivity contribution in [1.82, 2.24) is 4.90 Å². The van der Waals surface area contributed by atoms with Crippen molar-refractivity contribution in [3.8, 4) is 5.75 Å². The molecule has 0 bridgehead atoms. The van der Waals surface area contributed by atoms with Gasteiger partial charge in [0.2, 0.25) is 5.91 Å². The maximum Gasteiger partial charge on any atom is 0.227 e. The van der Waals surface area contributed by atoms with Crippen LogP contribution < -0.4 is 4.74 Å². The molecule has 0 saturated carbocycles.